The zero-order valence-corrected chi connectivity index (χ0v) is 21.5. The Morgan fingerprint density at radius 2 is 1.58 bits per heavy atom. The van der Waals surface area contributed by atoms with Crippen LogP contribution in [0.25, 0.3) is 0 Å². The smallest absolute Gasteiger partial charge is 0.408 e. The maximum absolute atomic E-state index is 13.9. The fourth-order valence-corrected chi connectivity index (χ4v) is 3.71. The predicted molar refractivity (Wildman–Crippen MR) is 136 cm³/mol. The van der Waals surface area contributed by atoms with Gasteiger partial charge in [0.05, 0.1) is 6.61 Å². The maximum Gasteiger partial charge on any atom is 0.408 e. The van der Waals surface area contributed by atoms with Crippen LogP contribution in [-0.4, -0.2) is 63.9 Å². The highest BCUT2D eigenvalue weighted by Crippen LogP contribution is 2.30. The second kappa shape index (κ2) is 12.9. The van der Waals surface area contributed by atoms with Gasteiger partial charge in [-0.15, -0.1) is 0 Å². The molecule has 9 nitrogen and oxygen atoms in total. The number of phenolic OH excluding ortho intramolecular Hbond substituents is 1. The standard InChI is InChI=1S/C27H37N3O6/c1-18(2)28-24(33)23(20-13-9-10-14-22(20)32)30(15-16-31)25(34)21(17-19-11-7-6-8-12-19)29-26(35)36-27(3,4)5/h6-14,18,21,23,31-32H,15-17H2,1-5H3,(H,28,33)(H,29,35). The summed E-state index contributed by atoms with van der Waals surface area (Å²) in [4.78, 5) is 41.1. The van der Waals surface area contributed by atoms with Gasteiger partial charge in [0.15, 0.2) is 0 Å². The van der Waals surface area contributed by atoms with E-state index in [1.807, 2.05) is 30.3 Å². The van der Waals surface area contributed by atoms with Crippen molar-refractivity contribution >= 4 is 17.9 Å². The molecule has 0 aliphatic carbocycles. The van der Waals surface area contributed by atoms with E-state index >= 15 is 0 Å². The van der Waals surface area contributed by atoms with Gasteiger partial charge in [0.2, 0.25) is 11.8 Å². The van der Waals surface area contributed by atoms with Crippen molar-refractivity contribution in [2.24, 2.45) is 0 Å². The minimum atomic E-state index is -1.24. The summed E-state index contributed by atoms with van der Waals surface area (Å²) in [6.07, 6.45) is -0.661. The van der Waals surface area contributed by atoms with E-state index < -0.39 is 42.2 Å². The van der Waals surface area contributed by atoms with Crippen LogP contribution in [-0.2, 0) is 20.7 Å². The molecule has 0 aliphatic heterocycles. The lowest BCUT2D eigenvalue weighted by Crippen LogP contribution is -2.54. The first-order valence-corrected chi connectivity index (χ1v) is 12.0. The Labute approximate surface area is 212 Å². The van der Waals surface area contributed by atoms with Crippen molar-refractivity contribution in [2.45, 2.75) is 64.8 Å². The summed E-state index contributed by atoms with van der Waals surface area (Å²) >= 11 is 0. The third-order valence-electron chi connectivity index (χ3n) is 5.12. The molecule has 0 heterocycles. The largest absolute Gasteiger partial charge is 0.508 e. The van der Waals surface area contributed by atoms with Gasteiger partial charge < -0.3 is 30.5 Å². The highest BCUT2D eigenvalue weighted by atomic mass is 16.6. The van der Waals surface area contributed by atoms with E-state index in [-0.39, 0.29) is 30.3 Å². The number of aromatic hydroxyl groups is 1. The molecule has 0 saturated carbocycles. The summed E-state index contributed by atoms with van der Waals surface area (Å²) < 4.78 is 5.37. The number of nitrogens with zero attached hydrogens (tertiary/aromatic N) is 1. The van der Waals surface area contributed by atoms with E-state index in [0.29, 0.717) is 0 Å². The molecule has 2 atom stereocenters. The Kier molecular flexibility index (Phi) is 10.3. The molecule has 0 aromatic heterocycles. The molecule has 36 heavy (non-hydrogen) atoms. The lowest BCUT2D eigenvalue weighted by molar-refractivity contribution is -0.143. The summed E-state index contributed by atoms with van der Waals surface area (Å²) in [5.74, 6) is -1.30. The highest BCUT2D eigenvalue weighted by Gasteiger charge is 2.37. The normalized spacial score (nSPS) is 13.0. The monoisotopic (exact) mass is 499 g/mol. The molecule has 2 aromatic carbocycles. The Morgan fingerprint density at radius 3 is 2.14 bits per heavy atom. The van der Waals surface area contributed by atoms with Crippen LogP contribution >= 0.6 is 0 Å². The zero-order chi connectivity index (χ0) is 26.9. The number of para-hydroxylation sites is 1. The number of hydrogen-bond donors (Lipinski definition) is 4. The number of phenols is 1. The number of alkyl carbamates (subject to hydrolysis) is 1. The Hall–Kier alpha value is -3.59. The number of ether oxygens (including phenoxy) is 1. The summed E-state index contributed by atoms with van der Waals surface area (Å²) in [5.41, 5.74) is 0.194. The molecule has 0 spiro atoms. The van der Waals surface area contributed by atoms with Gasteiger partial charge in [-0.25, -0.2) is 4.79 Å². The van der Waals surface area contributed by atoms with Crippen LogP contribution in [0, 0.1) is 0 Å². The first-order valence-electron chi connectivity index (χ1n) is 12.0. The molecular formula is C27H37N3O6. The second-order valence-electron chi connectivity index (χ2n) is 9.77. The Bertz CT molecular complexity index is 1020. The van der Waals surface area contributed by atoms with Gasteiger partial charge in [0.1, 0.15) is 23.4 Å². The molecular weight excluding hydrogens is 462 g/mol. The van der Waals surface area contributed by atoms with Crippen molar-refractivity contribution < 1.29 is 29.3 Å². The van der Waals surface area contributed by atoms with E-state index in [2.05, 4.69) is 10.6 Å². The fourth-order valence-electron chi connectivity index (χ4n) is 3.71. The van der Waals surface area contributed by atoms with Crippen LogP contribution < -0.4 is 10.6 Å². The van der Waals surface area contributed by atoms with Gasteiger partial charge in [0, 0.05) is 24.6 Å². The number of benzene rings is 2. The topological polar surface area (TPSA) is 128 Å². The number of aliphatic hydroxyl groups is 1. The lowest BCUT2D eigenvalue weighted by Gasteiger charge is -2.34. The Morgan fingerprint density at radius 1 is 0.972 bits per heavy atom. The second-order valence-corrected chi connectivity index (χ2v) is 9.77. The summed E-state index contributed by atoms with van der Waals surface area (Å²) in [5, 5.41) is 25.8. The average molecular weight is 500 g/mol. The van der Waals surface area contributed by atoms with Crippen molar-refractivity contribution in [1.29, 1.82) is 0 Å². The van der Waals surface area contributed by atoms with Crippen LogP contribution in [0.4, 0.5) is 4.79 Å². The quantitative estimate of drug-likeness (QED) is 0.398. The first kappa shape index (κ1) is 28.6. The number of hydrogen-bond acceptors (Lipinski definition) is 6. The maximum atomic E-state index is 13.9. The average Bonchev–Trinajstić information content (AvgIpc) is 2.78. The van der Waals surface area contributed by atoms with Crippen molar-refractivity contribution in [1.82, 2.24) is 15.5 Å². The molecule has 0 fully saturated rings. The number of rotatable bonds is 10. The highest BCUT2D eigenvalue weighted by molar-refractivity contribution is 5.92. The van der Waals surface area contributed by atoms with Crippen LogP contribution in [0.5, 0.6) is 5.75 Å². The van der Waals surface area contributed by atoms with Crippen LogP contribution in [0.1, 0.15) is 51.8 Å². The number of aliphatic hydroxyl groups excluding tert-OH is 1. The molecule has 0 radical (unpaired) electrons. The van der Waals surface area contributed by atoms with Crippen LogP contribution in [0.3, 0.4) is 0 Å². The lowest BCUT2D eigenvalue weighted by atomic mass is 9.99. The molecule has 4 N–H and O–H groups in total. The minimum Gasteiger partial charge on any atom is -0.508 e. The molecule has 3 amide bonds. The van der Waals surface area contributed by atoms with Gasteiger partial charge >= 0.3 is 6.09 Å². The number of carbonyl (C=O) groups is 3. The predicted octanol–water partition coefficient (Wildman–Crippen LogP) is 2.91. The summed E-state index contributed by atoms with van der Waals surface area (Å²) in [6.45, 7) is 8.05. The molecule has 2 rings (SSSR count). The summed E-state index contributed by atoms with van der Waals surface area (Å²) in [6, 6.07) is 12.7. The molecule has 2 unspecified atom stereocenters. The van der Waals surface area contributed by atoms with Crippen LogP contribution in [0.15, 0.2) is 54.6 Å². The van der Waals surface area contributed by atoms with Crippen molar-refractivity contribution in [3.05, 3.63) is 65.7 Å². The zero-order valence-electron chi connectivity index (χ0n) is 21.5. The molecule has 2 aromatic rings. The SMILES string of the molecule is CC(C)NC(=O)C(c1ccccc1O)N(CCO)C(=O)C(Cc1ccccc1)NC(=O)OC(C)(C)C. The van der Waals surface area contributed by atoms with E-state index in [9.17, 15) is 24.6 Å². The van der Waals surface area contributed by atoms with Gasteiger partial charge in [-0.2, -0.15) is 0 Å². The molecule has 0 saturated heterocycles. The third-order valence-corrected chi connectivity index (χ3v) is 5.12. The van der Waals surface area contributed by atoms with E-state index in [1.54, 1.807) is 52.8 Å². The Balaban J connectivity index is 2.51. The van der Waals surface area contributed by atoms with E-state index in [1.165, 1.54) is 11.0 Å². The van der Waals surface area contributed by atoms with Gasteiger partial charge in [-0.3, -0.25) is 9.59 Å². The molecule has 0 aliphatic rings. The van der Waals surface area contributed by atoms with E-state index in [0.717, 1.165) is 5.56 Å². The van der Waals surface area contributed by atoms with Crippen molar-refractivity contribution in [3.8, 4) is 5.75 Å². The number of carbonyl (C=O) groups excluding carboxylic acids is 3. The first-order chi connectivity index (χ1) is 16.9. The summed E-state index contributed by atoms with van der Waals surface area (Å²) in [7, 11) is 0. The molecule has 0 bridgehead atoms. The minimum absolute atomic E-state index is 0.125. The molecule has 9 heteroatoms. The third kappa shape index (κ3) is 8.57. The van der Waals surface area contributed by atoms with Gasteiger partial charge in [-0.05, 0) is 46.2 Å². The molecule has 196 valence electrons. The van der Waals surface area contributed by atoms with Crippen LogP contribution in [0.2, 0.25) is 0 Å². The van der Waals surface area contributed by atoms with Gasteiger partial charge in [-0.1, -0.05) is 48.5 Å². The number of amides is 3. The van der Waals surface area contributed by atoms with Gasteiger partial charge in [0.25, 0.3) is 0 Å². The van der Waals surface area contributed by atoms with E-state index in [4.69, 9.17) is 4.74 Å². The van der Waals surface area contributed by atoms with Crippen molar-refractivity contribution in [3.63, 3.8) is 0 Å². The fraction of sp³-hybridized carbons (Fsp3) is 0.444. The number of nitrogens with one attached hydrogen (secondary N) is 2. The van der Waals surface area contributed by atoms with Crippen molar-refractivity contribution in [2.75, 3.05) is 13.2 Å².